The quantitative estimate of drug-likeness (QED) is 0.561. The minimum absolute atomic E-state index is 0.0928. The predicted molar refractivity (Wildman–Crippen MR) is 98.6 cm³/mol. The van der Waals surface area contributed by atoms with E-state index >= 15 is 0 Å². The average molecular weight is 387 g/mol. The second kappa shape index (κ2) is 6.92. The summed E-state index contributed by atoms with van der Waals surface area (Å²) in [6.45, 7) is 2.28. The molecule has 8 heteroatoms. The Hall–Kier alpha value is -2.48. The van der Waals surface area contributed by atoms with Gasteiger partial charge in [-0.3, -0.25) is 24.1 Å². The van der Waals surface area contributed by atoms with Crippen LogP contribution in [0.3, 0.4) is 0 Å². The molecule has 4 atom stereocenters. The van der Waals surface area contributed by atoms with Gasteiger partial charge in [0.15, 0.2) is 0 Å². The molecule has 0 spiro atoms. The number of likely N-dealkylation sites (tertiary alicyclic amines) is 1. The van der Waals surface area contributed by atoms with Gasteiger partial charge in [-0.15, -0.1) is 11.3 Å². The summed E-state index contributed by atoms with van der Waals surface area (Å²) in [5, 5.41) is 5.46. The Morgan fingerprint density at radius 3 is 2.41 bits per heavy atom. The molecule has 7 nitrogen and oxygen atoms in total. The third-order valence-electron chi connectivity index (χ3n) is 5.58. The van der Waals surface area contributed by atoms with Crippen LogP contribution in [0.15, 0.2) is 24.3 Å². The topological polar surface area (TPSA) is 95.6 Å². The number of fused-ring (bicyclic) bond motifs is 5. The molecule has 1 aliphatic heterocycles. The molecule has 1 aromatic heterocycles. The number of nitrogens with zero attached hydrogens (tertiary/aromatic N) is 1. The number of amides is 4. The van der Waals surface area contributed by atoms with Gasteiger partial charge in [0.05, 0.1) is 23.3 Å². The van der Waals surface area contributed by atoms with Gasteiger partial charge in [0.1, 0.15) is 0 Å². The van der Waals surface area contributed by atoms with Gasteiger partial charge < -0.3 is 10.6 Å². The van der Waals surface area contributed by atoms with Gasteiger partial charge in [0.2, 0.25) is 17.7 Å². The second-order valence-corrected chi connectivity index (χ2v) is 8.43. The fraction of sp³-hybridized carbons (Fsp3) is 0.474. The first kappa shape index (κ1) is 17.9. The number of allylic oxidation sites excluding steroid dienone is 2. The van der Waals surface area contributed by atoms with Crippen LogP contribution in [0, 0.1) is 23.7 Å². The maximum absolute atomic E-state index is 12.6. The first-order chi connectivity index (χ1) is 13.0. The van der Waals surface area contributed by atoms with Gasteiger partial charge in [-0.25, -0.2) is 0 Å². The largest absolute Gasteiger partial charge is 0.351 e. The van der Waals surface area contributed by atoms with Gasteiger partial charge in [-0.2, -0.15) is 0 Å². The highest BCUT2D eigenvalue weighted by atomic mass is 32.1. The average Bonchev–Trinajstić information content (AvgIpc) is 3.40. The number of thiophene rings is 1. The van der Waals surface area contributed by atoms with E-state index in [1.165, 1.54) is 23.2 Å². The summed E-state index contributed by atoms with van der Waals surface area (Å²) >= 11 is 1.31. The van der Waals surface area contributed by atoms with Crippen LogP contribution >= 0.6 is 11.3 Å². The smallest absolute Gasteiger partial charge is 0.261 e. The zero-order valence-electron chi connectivity index (χ0n) is 14.9. The molecule has 4 amide bonds. The third kappa shape index (κ3) is 3.18. The van der Waals surface area contributed by atoms with Crippen LogP contribution in [-0.2, 0) is 20.9 Å². The maximum Gasteiger partial charge on any atom is 0.261 e. The summed E-state index contributed by atoms with van der Waals surface area (Å²) in [6, 6.07) is 3.50. The molecule has 0 aromatic carbocycles. The van der Waals surface area contributed by atoms with Crippen LogP contribution in [0.2, 0.25) is 0 Å². The van der Waals surface area contributed by atoms with Crippen molar-refractivity contribution < 1.29 is 19.2 Å². The van der Waals surface area contributed by atoms with Gasteiger partial charge in [-0.05, 0) is 30.4 Å². The Kier molecular flexibility index (Phi) is 4.59. The lowest BCUT2D eigenvalue weighted by molar-refractivity contribution is -0.140. The molecule has 0 radical (unpaired) electrons. The molecule has 1 aromatic rings. The zero-order chi connectivity index (χ0) is 19.1. The van der Waals surface area contributed by atoms with Crippen LogP contribution in [0.1, 0.15) is 27.9 Å². The Balaban J connectivity index is 1.29. The summed E-state index contributed by atoms with van der Waals surface area (Å²) in [7, 11) is 0. The van der Waals surface area contributed by atoms with E-state index in [0.717, 1.165) is 11.3 Å². The summed E-state index contributed by atoms with van der Waals surface area (Å²) in [5.41, 5.74) is 0. The fourth-order valence-corrected chi connectivity index (χ4v) is 5.22. The summed E-state index contributed by atoms with van der Waals surface area (Å²) in [5.74, 6) is -0.547. The van der Waals surface area contributed by atoms with E-state index in [2.05, 4.69) is 22.8 Å². The number of imide groups is 1. The molecule has 2 heterocycles. The highest BCUT2D eigenvalue weighted by molar-refractivity contribution is 7.14. The van der Waals surface area contributed by atoms with Crippen LogP contribution in [-0.4, -0.2) is 41.6 Å². The van der Waals surface area contributed by atoms with Crippen LogP contribution in [0.5, 0.6) is 0 Å². The van der Waals surface area contributed by atoms with Crippen molar-refractivity contribution in [2.24, 2.45) is 23.7 Å². The molecule has 4 rings (SSSR count). The molecule has 2 aliphatic carbocycles. The maximum atomic E-state index is 12.6. The van der Waals surface area contributed by atoms with Crippen molar-refractivity contribution in [2.75, 3.05) is 13.1 Å². The Bertz CT molecular complexity index is 816. The van der Waals surface area contributed by atoms with Crippen molar-refractivity contribution in [3.8, 4) is 0 Å². The summed E-state index contributed by atoms with van der Waals surface area (Å²) in [6.07, 6.45) is 5.05. The molecule has 142 valence electrons. The molecule has 4 unspecified atom stereocenters. The highest BCUT2D eigenvalue weighted by Crippen LogP contribution is 2.52. The molecule has 2 N–H and O–H groups in total. The predicted octanol–water partition coefficient (Wildman–Crippen LogP) is 0.921. The fourth-order valence-electron chi connectivity index (χ4n) is 4.36. The second-order valence-electron chi connectivity index (χ2n) is 7.26. The first-order valence-corrected chi connectivity index (χ1v) is 9.92. The first-order valence-electron chi connectivity index (χ1n) is 9.10. The van der Waals surface area contributed by atoms with E-state index < -0.39 is 0 Å². The van der Waals surface area contributed by atoms with E-state index in [1.807, 2.05) is 0 Å². The van der Waals surface area contributed by atoms with Crippen molar-refractivity contribution in [2.45, 2.75) is 19.9 Å². The van der Waals surface area contributed by atoms with Crippen LogP contribution < -0.4 is 10.6 Å². The van der Waals surface area contributed by atoms with Gasteiger partial charge in [-0.1, -0.05) is 12.2 Å². The Morgan fingerprint density at radius 1 is 1.11 bits per heavy atom. The Labute approximate surface area is 160 Å². The lowest BCUT2D eigenvalue weighted by atomic mass is 9.85. The lowest BCUT2D eigenvalue weighted by Gasteiger charge is -2.17. The number of rotatable bonds is 6. The number of hydrogen-bond donors (Lipinski definition) is 2. The normalized spacial score (nSPS) is 28.0. The van der Waals surface area contributed by atoms with Crippen molar-refractivity contribution in [1.29, 1.82) is 0 Å². The van der Waals surface area contributed by atoms with Crippen molar-refractivity contribution in [1.82, 2.24) is 15.5 Å². The van der Waals surface area contributed by atoms with Crippen LogP contribution in [0.4, 0.5) is 0 Å². The minimum Gasteiger partial charge on any atom is -0.351 e. The SMILES string of the molecule is CC(=O)NCc1ccc(C(=O)NCCN2C(=O)C3C4C=CC(C4)C3C2=O)s1. The monoisotopic (exact) mass is 387 g/mol. The summed E-state index contributed by atoms with van der Waals surface area (Å²) < 4.78 is 0. The van der Waals surface area contributed by atoms with E-state index in [4.69, 9.17) is 0 Å². The number of nitrogens with one attached hydrogen (secondary N) is 2. The molecule has 27 heavy (non-hydrogen) atoms. The van der Waals surface area contributed by atoms with Crippen molar-refractivity contribution >= 4 is 35.0 Å². The van der Waals surface area contributed by atoms with E-state index in [-0.39, 0.29) is 60.4 Å². The molecule has 1 saturated heterocycles. The van der Waals surface area contributed by atoms with Crippen LogP contribution in [0.25, 0.3) is 0 Å². The number of carbonyl (C=O) groups is 4. The zero-order valence-corrected chi connectivity index (χ0v) is 15.8. The standard InChI is InChI=1S/C19H21N3O4S/c1-10(23)21-9-13-4-5-14(27-13)17(24)20-6-7-22-18(25)15-11-2-3-12(8-11)16(15)19(22)26/h2-5,11-12,15-16H,6-9H2,1H3,(H,20,24)(H,21,23). The Morgan fingerprint density at radius 2 is 1.78 bits per heavy atom. The molecular formula is C19H21N3O4S. The van der Waals surface area contributed by atoms with E-state index in [9.17, 15) is 19.2 Å². The molecule has 2 bridgehead atoms. The van der Waals surface area contributed by atoms with Gasteiger partial charge >= 0.3 is 0 Å². The van der Waals surface area contributed by atoms with Crippen molar-refractivity contribution in [3.63, 3.8) is 0 Å². The number of carbonyl (C=O) groups excluding carboxylic acids is 4. The van der Waals surface area contributed by atoms with Gasteiger partial charge in [0, 0.05) is 24.9 Å². The number of hydrogen-bond acceptors (Lipinski definition) is 5. The van der Waals surface area contributed by atoms with Crippen molar-refractivity contribution in [3.05, 3.63) is 34.0 Å². The van der Waals surface area contributed by atoms with E-state index in [0.29, 0.717) is 11.4 Å². The molecular weight excluding hydrogens is 366 g/mol. The molecule has 1 saturated carbocycles. The minimum atomic E-state index is -0.241. The van der Waals surface area contributed by atoms with Gasteiger partial charge in [0.25, 0.3) is 5.91 Å². The lowest BCUT2D eigenvalue weighted by Crippen LogP contribution is -2.39. The van der Waals surface area contributed by atoms with E-state index in [1.54, 1.807) is 12.1 Å². The third-order valence-corrected chi connectivity index (χ3v) is 6.66. The summed E-state index contributed by atoms with van der Waals surface area (Å²) in [4.78, 5) is 51.1. The molecule has 3 aliphatic rings. The molecule has 2 fully saturated rings. The highest BCUT2D eigenvalue weighted by Gasteiger charge is 2.58.